The zero-order valence-corrected chi connectivity index (χ0v) is 11.3. The maximum atomic E-state index is 12.0. The SMILES string of the molecule is COc1cccc(C(=O)NCc2ccccc2Cl)c1. The van der Waals surface area contributed by atoms with E-state index < -0.39 is 0 Å². The van der Waals surface area contributed by atoms with E-state index in [4.69, 9.17) is 16.3 Å². The maximum absolute atomic E-state index is 12.0. The molecule has 0 heterocycles. The lowest BCUT2D eigenvalue weighted by atomic mass is 10.2. The molecule has 98 valence electrons. The zero-order chi connectivity index (χ0) is 13.7. The number of methoxy groups -OCH3 is 1. The molecule has 0 fully saturated rings. The third-order valence-corrected chi connectivity index (χ3v) is 3.10. The predicted molar refractivity (Wildman–Crippen MR) is 75.6 cm³/mol. The van der Waals surface area contributed by atoms with Crippen LogP contribution in [0.3, 0.4) is 0 Å². The molecular weight excluding hydrogens is 262 g/mol. The highest BCUT2D eigenvalue weighted by Gasteiger charge is 2.07. The fourth-order valence-electron chi connectivity index (χ4n) is 1.68. The molecular formula is C15H14ClNO2. The molecule has 3 nitrogen and oxygen atoms in total. The summed E-state index contributed by atoms with van der Waals surface area (Å²) < 4.78 is 5.09. The Kier molecular flexibility index (Phi) is 4.42. The number of hydrogen-bond donors (Lipinski definition) is 1. The molecule has 0 aliphatic rings. The number of carbonyl (C=O) groups is 1. The fourth-order valence-corrected chi connectivity index (χ4v) is 1.89. The zero-order valence-electron chi connectivity index (χ0n) is 10.5. The number of amides is 1. The molecule has 0 aliphatic heterocycles. The molecule has 0 spiro atoms. The van der Waals surface area contributed by atoms with Gasteiger partial charge in [0, 0.05) is 17.1 Å². The minimum absolute atomic E-state index is 0.154. The minimum Gasteiger partial charge on any atom is -0.497 e. The van der Waals surface area contributed by atoms with Gasteiger partial charge in [0.05, 0.1) is 7.11 Å². The third kappa shape index (κ3) is 3.48. The van der Waals surface area contributed by atoms with Crippen molar-refractivity contribution < 1.29 is 9.53 Å². The molecule has 4 heteroatoms. The summed E-state index contributed by atoms with van der Waals surface area (Å²) in [7, 11) is 1.57. The second-order valence-electron chi connectivity index (χ2n) is 4.01. The summed E-state index contributed by atoms with van der Waals surface area (Å²) in [6, 6.07) is 14.4. The molecule has 1 N–H and O–H groups in total. The van der Waals surface area contributed by atoms with Crippen LogP contribution < -0.4 is 10.1 Å². The summed E-state index contributed by atoms with van der Waals surface area (Å²) in [5.41, 5.74) is 1.45. The van der Waals surface area contributed by atoms with Crippen molar-refractivity contribution in [3.05, 3.63) is 64.7 Å². The van der Waals surface area contributed by atoms with Crippen LogP contribution in [0, 0.1) is 0 Å². The van der Waals surface area contributed by atoms with E-state index in [0.717, 1.165) is 5.56 Å². The molecule has 0 aromatic heterocycles. The van der Waals surface area contributed by atoms with Crippen molar-refractivity contribution in [1.29, 1.82) is 0 Å². The summed E-state index contributed by atoms with van der Waals surface area (Å²) in [6.45, 7) is 0.399. The van der Waals surface area contributed by atoms with Crippen molar-refractivity contribution in [2.75, 3.05) is 7.11 Å². The summed E-state index contributed by atoms with van der Waals surface area (Å²) in [5, 5.41) is 3.48. The molecule has 2 aromatic carbocycles. The van der Waals surface area contributed by atoms with Gasteiger partial charge >= 0.3 is 0 Å². The standard InChI is InChI=1S/C15H14ClNO2/c1-19-13-7-4-6-11(9-13)15(18)17-10-12-5-2-3-8-14(12)16/h2-9H,10H2,1H3,(H,17,18). The Hall–Kier alpha value is -2.00. The van der Waals surface area contributed by atoms with E-state index in [0.29, 0.717) is 22.9 Å². The van der Waals surface area contributed by atoms with Gasteiger partial charge in [0.1, 0.15) is 5.75 Å². The predicted octanol–water partition coefficient (Wildman–Crippen LogP) is 3.28. The van der Waals surface area contributed by atoms with Crippen LogP contribution in [0.2, 0.25) is 5.02 Å². The molecule has 0 atom stereocenters. The highest BCUT2D eigenvalue weighted by Crippen LogP contribution is 2.15. The van der Waals surface area contributed by atoms with Crippen molar-refractivity contribution in [3.63, 3.8) is 0 Å². The number of benzene rings is 2. The highest BCUT2D eigenvalue weighted by molar-refractivity contribution is 6.31. The summed E-state index contributed by atoms with van der Waals surface area (Å²) in [5.74, 6) is 0.504. The van der Waals surface area contributed by atoms with E-state index in [1.165, 1.54) is 0 Å². The lowest BCUT2D eigenvalue weighted by molar-refractivity contribution is 0.0950. The van der Waals surface area contributed by atoms with Crippen molar-refractivity contribution in [2.24, 2.45) is 0 Å². The van der Waals surface area contributed by atoms with Gasteiger partial charge in [-0.05, 0) is 29.8 Å². The van der Waals surface area contributed by atoms with E-state index >= 15 is 0 Å². The molecule has 0 unspecified atom stereocenters. The van der Waals surface area contributed by atoms with Crippen LogP contribution in [0.25, 0.3) is 0 Å². The van der Waals surface area contributed by atoms with Crippen molar-refractivity contribution in [1.82, 2.24) is 5.32 Å². The molecule has 2 aromatic rings. The Morgan fingerprint density at radius 3 is 2.74 bits per heavy atom. The van der Waals surface area contributed by atoms with Gasteiger partial charge in [0.25, 0.3) is 5.91 Å². The first-order chi connectivity index (χ1) is 9.20. The van der Waals surface area contributed by atoms with E-state index in [2.05, 4.69) is 5.32 Å². The Morgan fingerprint density at radius 1 is 1.21 bits per heavy atom. The van der Waals surface area contributed by atoms with Gasteiger partial charge in [-0.15, -0.1) is 0 Å². The summed E-state index contributed by atoms with van der Waals surface area (Å²) in [6.07, 6.45) is 0. The average molecular weight is 276 g/mol. The van der Waals surface area contributed by atoms with Gasteiger partial charge in [-0.25, -0.2) is 0 Å². The van der Waals surface area contributed by atoms with Crippen LogP contribution in [-0.4, -0.2) is 13.0 Å². The Balaban J connectivity index is 2.03. The summed E-state index contributed by atoms with van der Waals surface area (Å²) in [4.78, 5) is 12.0. The van der Waals surface area contributed by atoms with Crippen molar-refractivity contribution in [3.8, 4) is 5.75 Å². The Labute approximate surface area is 117 Å². The van der Waals surface area contributed by atoms with Crippen LogP contribution in [0.5, 0.6) is 5.75 Å². The molecule has 0 bridgehead atoms. The molecule has 0 saturated heterocycles. The number of halogens is 1. The average Bonchev–Trinajstić information content (AvgIpc) is 2.46. The number of ether oxygens (including phenoxy) is 1. The maximum Gasteiger partial charge on any atom is 0.251 e. The third-order valence-electron chi connectivity index (χ3n) is 2.73. The van der Waals surface area contributed by atoms with Gasteiger partial charge in [-0.2, -0.15) is 0 Å². The first-order valence-corrected chi connectivity index (χ1v) is 6.24. The van der Waals surface area contributed by atoms with Gasteiger partial charge in [-0.1, -0.05) is 35.9 Å². The number of rotatable bonds is 4. The molecule has 0 aliphatic carbocycles. The summed E-state index contributed by atoms with van der Waals surface area (Å²) >= 11 is 6.03. The largest absolute Gasteiger partial charge is 0.497 e. The topological polar surface area (TPSA) is 38.3 Å². The quantitative estimate of drug-likeness (QED) is 0.930. The van der Waals surface area contributed by atoms with E-state index in [9.17, 15) is 4.79 Å². The number of hydrogen-bond acceptors (Lipinski definition) is 2. The normalized spacial score (nSPS) is 10.0. The first-order valence-electron chi connectivity index (χ1n) is 5.86. The minimum atomic E-state index is -0.154. The first kappa shape index (κ1) is 13.4. The molecule has 19 heavy (non-hydrogen) atoms. The second kappa shape index (κ2) is 6.25. The lowest BCUT2D eigenvalue weighted by Crippen LogP contribution is -2.22. The molecule has 0 saturated carbocycles. The Morgan fingerprint density at radius 2 is 2.00 bits per heavy atom. The smallest absolute Gasteiger partial charge is 0.251 e. The van der Waals surface area contributed by atoms with Crippen molar-refractivity contribution >= 4 is 17.5 Å². The lowest BCUT2D eigenvalue weighted by Gasteiger charge is -2.08. The molecule has 0 radical (unpaired) electrons. The number of carbonyl (C=O) groups excluding carboxylic acids is 1. The number of nitrogens with one attached hydrogen (secondary N) is 1. The van der Waals surface area contributed by atoms with Crippen LogP contribution >= 0.6 is 11.6 Å². The van der Waals surface area contributed by atoms with Crippen LogP contribution in [-0.2, 0) is 6.54 Å². The molecule has 1 amide bonds. The van der Waals surface area contributed by atoms with Gasteiger partial charge < -0.3 is 10.1 Å². The van der Waals surface area contributed by atoms with Gasteiger partial charge in [-0.3, -0.25) is 4.79 Å². The van der Waals surface area contributed by atoms with Gasteiger partial charge in [0.15, 0.2) is 0 Å². The fraction of sp³-hybridized carbons (Fsp3) is 0.133. The van der Waals surface area contributed by atoms with Crippen LogP contribution in [0.1, 0.15) is 15.9 Å². The van der Waals surface area contributed by atoms with E-state index in [1.807, 2.05) is 18.2 Å². The van der Waals surface area contributed by atoms with Gasteiger partial charge in [0.2, 0.25) is 0 Å². The highest BCUT2D eigenvalue weighted by atomic mass is 35.5. The van der Waals surface area contributed by atoms with E-state index in [1.54, 1.807) is 37.4 Å². The van der Waals surface area contributed by atoms with E-state index in [-0.39, 0.29) is 5.91 Å². The van der Waals surface area contributed by atoms with Crippen LogP contribution in [0.4, 0.5) is 0 Å². The molecule has 2 rings (SSSR count). The Bertz CT molecular complexity index is 584. The second-order valence-corrected chi connectivity index (χ2v) is 4.41. The van der Waals surface area contributed by atoms with Crippen LogP contribution in [0.15, 0.2) is 48.5 Å². The monoisotopic (exact) mass is 275 g/mol. The van der Waals surface area contributed by atoms with Crippen molar-refractivity contribution in [2.45, 2.75) is 6.54 Å².